The molecular weight excluding hydrogens is 262 g/mol. The van der Waals surface area contributed by atoms with Crippen molar-refractivity contribution in [2.45, 2.75) is 19.1 Å². The third-order valence-corrected chi connectivity index (χ3v) is 4.12. The van der Waals surface area contributed by atoms with Crippen molar-refractivity contribution >= 4 is 29.2 Å². The summed E-state index contributed by atoms with van der Waals surface area (Å²) in [5, 5.41) is 0.569. The van der Waals surface area contributed by atoms with Crippen LogP contribution in [0.15, 0.2) is 12.3 Å². The molecule has 0 radical (unpaired) electrons. The van der Waals surface area contributed by atoms with Gasteiger partial charge < -0.3 is 15.4 Å². The lowest BCUT2D eigenvalue weighted by atomic mass is 10.2. The maximum atomic E-state index is 11.8. The van der Waals surface area contributed by atoms with E-state index in [0.29, 0.717) is 23.1 Å². The molecule has 1 aromatic rings. The van der Waals surface area contributed by atoms with E-state index in [4.69, 9.17) is 10.5 Å². The molecule has 104 valence electrons. The van der Waals surface area contributed by atoms with Gasteiger partial charge in [-0.1, -0.05) is 6.92 Å². The molecule has 1 aliphatic heterocycles. The fourth-order valence-electron chi connectivity index (χ4n) is 2.04. The van der Waals surface area contributed by atoms with Gasteiger partial charge in [-0.05, 0) is 13.0 Å². The Morgan fingerprint density at radius 1 is 1.68 bits per heavy atom. The molecule has 1 atom stereocenters. The van der Waals surface area contributed by atoms with E-state index in [-0.39, 0.29) is 5.97 Å². The van der Waals surface area contributed by atoms with Crippen LogP contribution in [0.2, 0.25) is 0 Å². The number of nitrogens with zero attached hydrogens (tertiary/aromatic N) is 2. The zero-order valence-electron chi connectivity index (χ0n) is 11.3. The summed E-state index contributed by atoms with van der Waals surface area (Å²) in [6.45, 7) is 6.19. The Kier molecular flexibility index (Phi) is 4.52. The number of anilines is 2. The summed E-state index contributed by atoms with van der Waals surface area (Å²) in [6, 6.07) is 1.73. The maximum Gasteiger partial charge on any atom is 0.340 e. The van der Waals surface area contributed by atoms with Crippen LogP contribution in [0.1, 0.15) is 24.2 Å². The second-order valence-electron chi connectivity index (χ2n) is 4.48. The Morgan fingerprint density at radius 2 is 2.47 bits per heavy atom. The van der Waals surface area contributed by atoms with Gasteiger partial charge in [0, 0.05) is 24.1 Å². The van der Waals surface area contributed by atoms with Gasteiger partial charge in [-0.2, -0.15) is 11.8 Å². The Bertz CT molecular complexity index is 467. The summed E-state index contributed by atoms with van der Waals surface area (Å²) in [5.74, 6) is 1.48. The highest BCUT2D eigenvalue weighted by molar-refractivity contribution is 8.00. The number of carbonyl (C=O) groups excluding carboxylic acids is 1. The number of nitrogens with two attached hydrogens (primary N) is 1. The molecule has 1 aromatic heterocycles. The van der Waals surface area contributed by atoms with Crippen LogP contribution >= 0.6 is 11.8 Å². The van der Waals surface area contributed by atoms with E-state index in [1.165, 1.54) is 6.20 Å². The standard InChI is InChI=1S/C13H19N3O2S/c1-3-18-13(17)10-6-12(15-7-11(10)14)16-4-5-19-9(2)8-16/h6-7,9H,3-5,8,14H2,1-2H3. The first-order valence-corrected chi connectivity index (χ1v) is 7.46. The van der Waals surface area contributed by atoms with Crippen molar-refractivity contribution in [2.75, 3.05) is 36.1 Å². The molecule has 0 saturated carbocycles. The predicted molar refractivity (Wildman–Crippen MR) is 78.7 cm³/mol. The van der Waals surface area contributed by atoms with Gasteiger partial charge >= 0.3 is 5.97 Å². The van der Waals surface area contributed by atoms with E-state index in [9.17, 15) is 4.79 Å². The molecule has 0 spiro atoms. The van der Waals surface area contributed by atoms with Crippen LogP contribution in [0.4, 0.5) is 11.5 Å². The van der Waals surface area contributed by atoms with Crippen LogP contribution in [0.25, 0.3) is 0 Å². The first kappa shape index (κ1) is 14.0. The van der Waals surface area contributed by atoms with Gasteiger partial charge in [0.05, 0.1) is 24.1 Å². The molecule has 19 heavy (non-hydrogen) atoms. The summed E-state index contributed by atoms with van der Waals surface area (Å²) in [6.07, 6.45) is 1.54. The molecule has 1 unspecified atom stereocenters. The van der Waals surface area contributed by atoms with Crippen molar-refractivity contribution in [3.05, 3.63) is 17.8 Å². The number of esters is 1. The highest BCUT2D eigenvalue weighted by Crippen LogP contribution is 2.24. The Balaban J connectivity index is 2.22. The number of thioether (sulfide) groups is 1. The molecule has 2 N–H and O–H groups in total. The largest absolute Gasteiger partial charge is 0.462 e. The lowest BCUT2D eigenvalue weighted by Gasteiger charge is -2.31. The molecule has 0 aromatic carbocycles. The summed E-state index contributed by atoms with van der Waals surface area (Å²) in [7, 11) is 0. The lowest BCUT2D eigenvalue weighted by molar-refractivity contribution is 0.0527. The lowest BCUT2D eigenvalue weighted by Crippen LogP contribution is -2.37. The van der Waals surface area contributed by atoms with E-state index >= 15 is 0 Å². The van der Waals surface area contributed by atoms with E-state index in [0.717, 1.165) is 24.7 Å². The minimum absolute atomic E-state index is 0.341. The van der Waals surface area contributed by atoms with Crippen molar-refractivity contribution in [1.82, 2.24) is 4.98 Å². The SMILES string of the molecule is CCOC(=O)c1cc(N2CCSC(C)C2)ncc1N. The Hall–Kier alpha value is -1.43. The normalized spacial score (nSPS) is 19.3. The Morgan fingerprint density at radius 3 is 3.16 bits per heavy atom. The predicted octanol–water partition coefficient (Wildman–Crippen LogP) is 1.78. The number of aromatic nitrogens is 1. The molecule has 2 rings (SSSR count). The molecular formula is C13H19N3O2S. The number of nitrogen functional groups attached to an aromatic ring is 1. The number of hydrogen-bond donors (Lipinski definition) is 1. The van der Waals surface area contributed by atoms with Gasteiger partial charge in [-0.25, -0.2) is 9.78 Å². The van der Waals surface area contributed by atoms with Crippen molar-refractivity contribution < 1.29 is 9.53 Å². The van der Waals surface area contributed by atoms with Gasteiger partial charge in [0.1, 0.15) is 5.82 Å². The monoisotopic (exact) mass is 281 g/mol. The van der Waals surface area contributed by atoms with E-state index in [2.05, 4.69) is 16.8 Å². The van der Waals surface area contributed by atoms with Gasteiger partial charge in [-0.3, -0.25) is 0 Å². The molecule has 0 aliphatic carbocycles. The number of pyridine rings is 1. The highest BCUT2D eigenvalue weighted by Gasteiger charge is 2.20. The molecule has 0 amide bonds. The molecule has 2 heterocycles. The first-order valence-electron chi connectivity index (χ1n) is 6.41. The number of carbonyl (C=O) groups is 1. The van der Waals surface area contributed by atoms with Crippen molar-refractivity contribution in [1.29, 1.82) is 0 Å². The van der Waals surface area contributed by atoms with E-state index in [1.807, 2.05) is 11.8 Å². The fourth-order valence-corrected chi connectivity index (χ4v) is 3.05. The number of rotatable bonds is 3. The topological polar surface area (TPSA) is 68.5 Å². The van der Waals surface area contributed by atoms with Crippen LogP contribution in [0.3, 0.4) is 0 Å². The van der Waals surface area contributed by atoms with Crippen molar-refractivity contribution in [2.24, 2.45) is 0 Å². The maximum absolute atomic E-state index is 11.8. The quantitative estimate of drug-likeness (QED) is 0.852. The molecule has 0 bridgehead atoms. The second-order valence-corrected chi connectivity index (χ2v) is 6.02. The minimum Gasteiger partial charge on any atom is -0.462 e. The number of ether oxygens (including phenoxy) is 1. The van der Waals surface area contributed by atoms with Crippen LogP contribution in [0, 0.1) is 0 Å². The van der Waals surface area contributed by atoms with Crippen molar-refractivity contribution in [3.8, 4) is 0 Å². The summed E-state index contributed by atoms with van der Waals surface area (Å²) >= 11 is 1.95. The van der Waals surface area contributed by atoms with Gasteiger partial charge in [-0.15, -0.1) is 0 Å². The second kappa shape index (κ2) is 6.14. The molecule has 6 heteroatoms. The van der Waals surface area contributed by atoms with Gasteiger partial charge in [0.2, 0.25) is 0 Å². The third kappa shape index (κ3) is 3.32. The van der Waals surface area contributed by atoms with Crippen molar-refractivity contribution in [3.63, 3.8) is 0 Å². The van der Waals surface area contributed by atoms with Crippen LogP contribution in [-0.2, 0) is 4.74 Å². The smallest absolute Gasteiger partial charge is 0.340 e. The van der Waals surface area contributed by atoms with Gasteiger partial charge in [0.15, 0.2) is 0 Å². The average molecular weight is 281 g/mol. The average Bonchev–Trinajstić information content (AvgIpc) is 2.39. The molecule has 1 fully saturated rings. The van der Waals surface area contributed by atoms with Crippen LogP contribution < -0.4 is 10.6 Å². The van der Waals surface area contributed by atoms with Gasteiger partial charge in [0.25, 0.3) is 0 Å². The molecule has 1 saturated heterocycles. The first-order chi connectivity index (χ1) is 9.11. The summed E-state index contributed by atoms with van der Waals surface area (Å²) < 4.78 is 5.00. The zero-order valence-corrected chi connectivity index (χ0v) is 12.1. The van der Waals surface area contributed by atoms with E-state index < -0.39 is 0 Å². The summed E-state index contributed by atoms with van der Waals surface area (Å²) in [4.78, 5) is 18.3. The summed E-state index contributed by atoms with van der Waals surface area (Å²) in [5.41, 5.74) is 6.55. The third-order valence-electron chi connectivity index (χ3n) is 2.98. The molecule has 1 aliphatic rings. The fraction of sp³-hybridized carbons (Fsp3) is 0.538. The van der Waals surface area contributed by atoms with E-state index in [1.54, 1.807) is 13.0 Å². The minimum atomic E-state index is -0.386. The highest BCUT2D eigenvalue weighted by atomic mass is 32.2. The Labute approximate surface area is 117 Å². The zero-order chi connectivity index (χ0) is 13.8. The molecule has 5 nitrogen and oxygen atoms in total. The van der Waals surface area contributed by atoms with Crippen LogP contribution in [0.5, 0.6) is 0 Å². The number of hydrogen-bond acceptors (Lipinski definition) is 6. The van der Waals surface area contributed by atoms with Crippen LogP contribution in [-0.4, -0.2) is 41.7 Å².